The molecule has 0 aliphatic rings. The molecule has 0 radical (unpaired) electrons. The van der Waals surface area contributed by atoms with Gasteiger partial charge in [-0.25, -0.2) is 0 Å². The number of aromatic nitrogens is 2. The quantitative estimate of drug-likeness (QED) is 0.179. The Morgan fingerprint density at radius 2 is 0.815 bits per heavy atom. The topological polar surface area (TPSA) is 23.0 Å². The van der Waals surface area contributed by atoms with Gasteiger partial charge in [0.2, 0.25) is 0 Å². The lowest BCUT2D eigenvalue weighted by Crippen LogP contribution is -1.92. The van der Waals surface area contributed by atoms with E-state index < -0.39 is 0 Å². The van der Waals surface area contributed by atoms with Crippen LogP contribution in [0.5, 0.6) is 0 Å². The van der Waals surface area contributed by atoms with Crippen molar-refractivity contribution in [3.8, 4) is 33.6 Å². The van der Waals surface area contributed by atoms with Gasteiger partial charge in [0.15, 0.2) is 5.58 Å². The monoisotopic (exact) mass is 706 g/mol. The van der Waals surface area contributed by atoms with Gasteiger partial charge in [-0.1, -0.05) is 97.1 Å². The summed E-state index contributed by atoms with van der Waals surface area (Å²) < 4.78 is 13.8. The first kappa shape index (κ1) is 29.7. The van der Waals surface area contributed by atoms with E-state index in [1.807, 2.05) is 11.3 Å². The lowest BCUT2D eigenvalue weighted by Gasteiger charge is -2.08. The van der Waals surface area contributed by atoms with Crippen LogP contribution in [0.4, 0.5) is 0 Å². The number of para-hydroxylation sites is 4. The number of benzene rings is 8. The minimum atomic E-state index is 0.923. The predicted molar refractivity (Wildman–Crippen MR) is 229 cm³/mol. The number of thiophene rings is 1. The van der Waals surface area contributed by atoms with E-state index in [1.165, 1.54) is 81.1 Å². The van der Waals surface area contributed by atoms with Crippen molar-refractivity contribution in [3.63, 3.8) is 0 Å². The van der Waals surface area contributed by atoms with Crippen LogP contribution in [0, 0.1) is 0 Å². The van der Waals surface area contributed by atoms with Gasteiger partial charge in [0.1, 0.15) is 5.58 Å². The van der Waals surface area contributed by atoms with Gasteiger partial charge in [-0.15, -0.1) is 11.3 Å². The average molecular weight is 707 g/mol. The Morgan fingerprint density at radius 1 is 0.352 bits per heavy atom. The summed E-state index contributed by atoms with van der Waals surface area (Å²) in [6, 6.07) is 65.8. The maximum Gasteiger partial charge on any atom is 0.154 e. The summed E-state index contributed by atoms with van der Waals surface area (Å²) >= 11 is 1.82. The minimum Gasteiger partial charge on any atom is -0.454 e. The number of furan rings is 1. The van der Waals surface area contributed by atoms with Crippen molar-refractivity contribution in [1.82, 2.24) is 9.13 Å². The molecule has 252 valence electrons. The van der Waals surface area contributed by atoms with Crippen molar-refractivity contribution in [2.24, 2.45) is 0 Å². The molecule has 0 amide bonds. The van der Waals surface area contributed by atoms with Crippen LogP contribution in [0.1, 0.15) is 0 Å². The predicted octanol–water partition coefficient (Wildman–Crippen LogP) is 14.3. The molecule has 0 spiro atoms. The van der Waals surface area contributed by atoms with E-state index in [4.69, 9.17) is 4.42 Å². The average Bonchev–Trinajstić information content (AvgIpc) is 3.97. The highest BCUT2D eigenvalue weighted by Crippen LogP contribution is 2.44. The summed E-state index contributed by atoms with van der Waals surface area (Å²) in [7, 11) is 0. The summed E-state index contributed by atoms with van der Waals surface area (Å²) in [6.45, 7) is 0. The second-order valence-electron chi connectivity index (χ2n) is 14.1. The second kappa shape index (κ2) is 11.3. The van der Waals surface area contributed by atoms with E-state index in [0.717, 1.165) is 27.5 Å². The number of hydrogen-bond acceptors (Lipinski definition) is 2. The zero-order valence-electron chi connectivity index (χ0n) is 29.0. The molecule has 54 heavy (non-hydrogen) atoms. The van der Waals surface area contributed by atoms with E-state index in [9.17, 15) is 0 Å². The van der Waals surface area contributed by atoms with Crippen molar-refractivity contribution in [2.75, 3.05) is 0 Å². The molecule has 8 aromatic carbocycles. The molecule has 4 aromatic heterocycles. The van der Waals surface area contributed by atoms with Crippen LogP contribution in [0.25, 0.3) is 109 Å². The number of nitrogens with zero attached hydrogens (tertiary/aromatic N) is 2. The Kier molecular flexibility index (Phi) is 6.21. The Labute approximate surface area is 314 Å². The van der Waals surface area contributed by atoms with Crippen LogP contribution in [0.15, 0.2) is 186 Å². The van der Waals surface area contributed by atoms with Crippen molar-refractivity contribution >= 4 is 86.3 Å². The molecule has 0 fully saturated rings. The fourth-order valence-corrected chi connectivity index (χ4v) is 9.83. The molecule has 12 rings (SSSR count). The molecule has 4 heterocycles. The van der Waals surface area contributed by atoms with Crippen molar-refractivity contribution in [2.45, 2.75) is 0 Å². The van der Waals surface area contributed by atoms with Gasteiger partial charge in [-0.3, -0.25) is 0 Å². The zero-order valence-corrected chi connectivity index (χ0v) is 29.8. The smallest absolute Gasteiger partial charge is 0.154 e. The van der Waals surface area contributed by atoms with Crippen molar-refractivity contribution in [3.05, 3.63) is 182 Å². The zero-order chi connectivity index (χ0) is 35.3. The normalized spacial score (nSPS) is 12.1. The van der Waals surface area contributed by atoms with Crippen LogP contribution in [-0.2, 0) is 0 Å². The Morgan fingerprint density at radius 3 is 1.41 bits per heavy atom. The van der Waals surface area contributed by atoms with E-state index >= 15 is 0 Å². The van der Waals surface area contributed by atoms with Gasteiger partial charge < -0.3 is 13.6 Å². The molecular weight excluding hydrogens is 677 g/mol. The van der Waals surface area contributed by atoms with Crippen LogP contribution in [-0.4, -0.2) is 9.13 Å². The standard InChI is InChI=1S/C50H30N2OS/c1-3-11-35(12-4-1)51-43-17-9-7-15-37(43)41-27-31(21-25-45(41)51)33-19-23-39-47(29-33)53-49-40-24-20-34(30-48(40)54-50(39)49)32-22-26-46-42(28-32)38-16-8-10-18-44(38)52(46)36-13-5-2-6-14-36/h1-30H. The Balaban J connectivity index is 0.939. The summed E-state index contributed by atoms with van der Waals surface area (Å²) in [5.74, 6) is 0. The first-order valence-electron chi connectivity index (χ1n) is 18.3. The highest BCUT2D eigenvalue weighted by Gasteiger charge is 2.18. The Hall–Kier alpha value is -6.88. The molecule has 0 N–H and O–H groups in total. The fraction of sp³-hybridized carbons (Fsp3) is 0. The third-order valence-corrected chi connectivity index (χ3v) is 12.3. The van der Waals surface area contributed by atoms with Crippen molar-refractivity contribution < 1.29 is 4.42 Å². The third-order valence-electron chi connectivity index (χ3n) is 11.1. The highest BCUT2D eigenvalue weighted by atomic mass is 32.1. The molecule has 0 saturated heterocycles. The first-order chi connectivity index (χ1) is 26.8. The van der Waals surface area contributed by atoms with Crippen LogP contribution < -0.4 is 0 Å². The lowest BCUT2D eigenvalue weighted by atomic mass is 10.0. The summed E-state index contributed by atoms with van der Waals surface area (Å²) in [5, 5.41) is 7.34. The summed E-state index contributed by atoms with van der Waals surface area (Å²) in [6.07, 6.45) is 0. The van der Waals surface area contributed by atoms with Crippen LogP contribution >= 0.6 is 11.3 Å². The number of hydrogen-bond donors (Lipinski definition) is 0. The molecule has 12 aromatic rings. The fourth-order valence-electron chi connectivity index (χ4n) is 8.63. The molecule has 0 aliphatic heterocycles. The molecule has 0 unspecified atom stereocenters. The molecule has 3 nitrogen and oxygen atoms in total. The van der Waals surface area contributed by atoms with Crippen LogP contribution in [0.2, 0.25) is 0 Å². The molecule has 0 bridgehead atoms. The third kappa shape index (κ3) is 4.29. The molecule has 0 saturated carbocycles. The molecule has 0 aliphatic carbocycles. The molecule has 0 atom stereocenters. The van der Waals surface area contributed by atoms with E-state index in [0.29, 0.717) is 0 Å². The minimum absolute atomic E-state index is 0.923. The maximum atomic E-state index is 6.69. The van der Waals surface area contributed by atoms with Gasteiger partial charge in [0.25, 0.3) is 0 Å². The van der Waals surface area contributed by atoms with Gasteiger partial charge in [0.05, 0.1) is 26.8 Å². The maximum absolute atomic E-state index is 6.69. The second-order valence-corrected chi connectivity index (χ2v) is 15.2. The number of rotatable bonds is 4. The largest absolute Gasteiger partial charge is 0.454 e. The summed E-state index contributed by atoms with van der Waals surface area (Å²) in [4.78, 5) is 0. The van der Waals surface area contributed by atoms with Gasteiger partial charge in [-0.2, -0.15) is 0 Å². The van der Waals surface area contributed by atoms with E-state index in [1.54, 1.807) is 0 Å². The number of fused-ring (bicyclic) bond motifs is 11. The molecule has 4 heteroatoms. The lowest BCUT2D eigenvalue weighted by molar-refractivity contribution is 0.673. The SMILES string of the molecule is c1ccc(-n2c3ccccc3c3cc(-c4ccc5c(c4)oc4c6ccc(-c7ccc8c(c7)c7ccccc7n8-c7ccccc7)cc6sc54)ccc32)cc1. The van der Waals surface area contributed by atoms with E-state index in [2.05, 4.69) is 191 Å². The van der Waals surface area contributed by atoms with Crippen molar-refractivity contribution in [1.29, 1.82) is 0 Å². The first-order valence-corrected chi connectivity index (χ1v) is 19.2. The Bertz CT molecular complexity index is 3200. The van der Waals surface area contributed by atoms with Gasteiger partial charge in [0, 0.05) is 48.4 Å². The van der Waals surface area contributed by atoms with Gasteiger partial charge >= 0.3 is 0 Å². The highest BCUT2D eigenvalue weighted by molar-refractivity contribution is 7.26. The summed E-state index contributed by atoms with van der Waals surface area (Å²) in [5.41, 5.74) is 13.8. The van der Waals surface area contributed by atoms with Gasteiger partial charge in [-0.05, 0) is 107 Å². The van der Waals surface area contributed by atoms with Crippen LogP contribution in [0.3, 0.4) is 0 Å². The molecular formula is C50H30N2OS. The van der Waals surface area contributed by atoms with E-state index in [-0.39, 0.29) is 0 Å².